The lowest BCUT2D eigenvalue weighted by atomic mass is 10.2. The second-order valence-corrected chi connectivity index (χ2v) is 6.24. The molecule has 0 saturated carbocycles. The number of hydrogen-bond donors (Lipinski definition) is 1. The SMILES string of the molecule is COC(=O)Cn1c(CCCNC(=O)c2ccccc2OC)nc2ccccc21. The Morgan fingerprint density at radius 2 is 1.82 bits per heavy atom. The minimum atomic E-state index is -0.325. The van der Waals surface area contributed by atoms with Crippen molar-refractivity contribution in [1.82, 2.24) is 14.9 Å². The zero-order chi connectivity index (χ0) is 19.9. The third-order valence-corrected chi connectivity index (χ3v) is 4.46. The van der Waals surface area contributed by atoms with Crippen LogP contribution in [0.1, 0.15) is 22.6 Å². The lowest BCUT2D eigenvalue weighted by Crippen LogP contribution is -2.25. The number of carbonyl (C=O) groups excluding carboxylic acids is 2. The third kappa shape index (κ3) is 4.31. The molecule has 3 rings (SSSR count). The Kier molecular flexibility index (Phi) is 6.26. The molecule has 1 heterocycles. The number of hydrogen-bond acceptors (Lipinski definition) is 5. The van der Waals surface area contributed by atoms with Crippen LogP contribution in [0.3, 0.4) is 0 Å². The summed E-state index contributed by atoms with van der Waals surface area (Å²) < 4.78 is 11.9. The molecule has 0 bridgehead atoms. The van der Waals surface area contributed by atoms with E-state index < -0.39 is 0 Å². The van der Waals surface area contributed by atoms with E-state index in [2.05, 4.69) is 10.3 Å². The Morgan fingerprint density at radius 3 is 2.61 bits per heavy atom. The van der Waals surface area contributed by atoms with Crippen LogP contribution in [0.2, 0.25) is 0 Å². The minimum absolute atomic E-state index is 0.111. The van der Waals surface area contributed by atoms with Gasteiger partial charge in [0, 0.05) is 13.0 Å². The van der Waals surface area contributed by atoms with Gasteiger partial charge in [-0.15, -0.1) is 0 Å². The van der Waals surface area contributed by atoms with Crippen LogP contribution >= 0.6 is 0 Å². The predicted octanol–water partition coefficient (Wildman–Crippen LogP) is 2.58. The molecule has 0 fully saturated rings. The summed E-state index contributed by atoms with van der Waals surface area (Å²) in [6.07, 6.45) is 1.31. The lowest BCUT2D eigenvalue weighted by molar-refractivity contribution is -0.141. The molecule has 28 heavy (non-hydrogen) atoms. The Morgan fingerprint density at radius 1 is 1.07 bits per heavy atom. The van der Waals surface area contributed by atoms with Gasteiger partial charge in [-0.2, -0.15) is 0 Å². The number of nitrogens with one attached hydrogen (secondary N) is 1. The molecule has 1 N–H and O–H groups in total. The van der Waals surface area contributed by atoms with E-state index in [1.807, 2.05) is 34.9 Å². The van der Waals surface area contributed by atoms with Gasteiger partial charge in [0.25, 0.3) is 5.91 Å². The van der Waals surface area contributed by atoms with E-state index in [9.17, 15) is 9.59 Å². The molecule has 0 atom stereocenters. The first-order valence-electron chi connectivity index (χ1n) is 9.06. The van der Waals surface area contributed by atoms with Crippen LogP contribution in [-0.2, 0) is 22.5 Å². The monoisotopic (exact) mass is 381 g/mol. The average molecular weight is 381 g/mol. The quantitative estimate of drug-likeness (QED) is 0.479. The van der Waals surface area contributed by atoms with Crippen LogP contribution in [-0.4, -0.2) is 42.2 Å². The molecule has 0 radical (unpaired) electrons. The first-order chi connectivity index (χ1) is 13.6. The van der Waals surface area contributed by atoms with Crippen LogP contribution < -0.4 is 10.1 Å². The van der Waals surface area contributed by atoms with Crippen molar-refractivity contribution in [3.05, 3.63) is 59.9 Å². The lowest BCUT2D eigenvalue weighted by Gasteiger charge is -2.10. The van der Waals surface area contributed by atoms with Gasteiger partial charge in [0.15, 0.2) is 0 Å². The molecule has 0 aliphatic carbocycles. The summed E-state index contributed by atoms with van der Waals surface area (Å²) in [7, 11) is 2.91. The number of ether oxygens (including phenoxy) is 2. The van der Waals surface area contributed by atoms with Gasteiger partial charge in [0.1, 0.15) is 18.1 Å². The van der Waals surface area contributed by atoms with Gasteiger partial charge < -0.3 is 19.4 Å². The molecule has 0 spiro atoms. The molecule has 0 saturated heterocycles. The molecule has 0 aliphatic rings. The van der Waals surface area contributed by atoms with E-state index in [1.54, 1.807) is 18.2 Å². The average Bonchev–Trinajstić information content (AvgIpc) is 3.08. The number of carbonyl (C=O) groups is 2. The molecular weight excluding hydrogens is 358 g/mol. The van der Waals surface area contributed by atoms with Crippen molar-refractivity contribution in [2.75, 3.05) is 20.8 Å². The van der Waals surface area contributed by atoms with Crippen LogP contribution in [0.25, 0.3) is 11.0 Å². The topological polar surface area (TPSA) is 82.5 Å². The second-order valence-electron chi connectivity index (χ2n) is 6.24. The highest BCUT2D eigenvalue weighted by Gasteiger charge is 2.14. The number of nitrogens with zero attached hydrogens (tertiary/aromatic N) is 2. The summed E-state index contributed by atoms with van der Waals surface area (Å²) >= 11 is 0. The fourth-order valence-corrected chi connectivity index (χ4v) is 3.06. The van der Waals surface area contributed by atoms with Crippen molar-refractivity contribution in [2.24, 2.45) is 0 Å². The van der Waals surface area contributed by atoms with Gasteiger partial charge in [0.2, 0.25) is 0 Å². The van der Waals surface area contributed by atoms with Gasteiger partial charge in [0.05, 0.1) is 30.8 Å². The maximum atomic E-state index is 12.4. The molecular formula is C21H23N3O4. The summed E-state index contributed by atoms with van der Waals surface area (Å²) in [5.74, 6) is 0.826. The zero-order valence-electron chi connectivity index (χ0n) is 16.0. The fourth-order valence-electron chi connectivity index (χ4n) is 3.06. The standard InChI is InChI=1S/C21H23N3O4/c1-27-18-11-6-3-8-15(18)21(26)22-13-7-12-19-23-16-9-4-5-10-17(16)24(19)14-20(25)28-2/h3-6,8-11H,7,12-14H2,1-2H3,(H,22,26). The summed E-state index contributed by atoms with van der Waals surface area (Å²) in [5.41, 5.74) is 2.23. The van der Waals surface area contributed by atoms with E-state index in [1.165, 1.54) is 14.2 Å². The summed E-state index contributed by atoms with van der Waals surface area (Å²) in [6.45, 7) is 0.595. The van der Waals surface area contributed by atoms with Crippen molar-refractivity contribution < 1.29 is 19.1 Å². The first-order valence-corrected chi connectivity index (χ1v) is 9.06. The number of methoxy groups -OCH3 is 2. The second kappa shape index (κ2) is 9.03. The Hall–Kier alpha value is -3.35. The van der Waals surface area contributed by atoms with Gasteiger partial charge in [-0.05, 0) is 30.7 Å². The smallest absolute Gasteiger partial charge is 0.325 e. The fraction of sp³-hybridized carbons (Fsp3) is 0.286. The molecule has 7 heteroatoms. The summed E-state index contributed by atoms with van der Waals surface area (Å²) in [5, 5.41) is 2.90. The highest BCUT2D eigenvalue weighted by molar-refractivity contribution is 5.96. The number of fused-ring (bicyclic) bond motifs is 1. The third-order valence-electron chi connectivity index (χ3n) is 4.46. The number of aromatic nitrogens is 2. The van der Waals surface area contributed by atoms with Gasteiger partial charge >= 0.3 is 5.97 Å². The van der Waals surface area contributed by atoms with Gasteiger partial charge in [-0.3, -0.25) is 9.59 Å². The molecule has 1 aromatic heterocycles. The minimum Gasteiger partial charge on any atom is -0.496 e. The number of para-hydroxylation sites is 3. The normalized spacial score (nSPS) is 10.6. The van der Waals surface area contributed by atoms with Crippen molar-refractivity contribution in [3.63, 3.8) is 0 Å². The van der Waals surface area contributed by atoms with Crippen molar-refractivity contribution in [1.29, 1.82) is 0 Å². The van der Waals surface area contributed by atoms with Gasteiger partial charge in [-0.1, -0.05) is 24.3 Å². The largest absolute Gasteiger partial charge is 0.496 e. The van der Waals surface area contributed by atoms with Crippen molar-refractivity contribution in [2.45, 2.75) is 19.4 Å². The van der Waals surface area contributed by atoms with E-state index >= 15 is 0 Å². The predicted molar refractivity (Wildman–Crippen MR) is 105 cm³/mol. The number of imidazole rings is 1. The van der Waals surface area contributed by atoms with Crippen LogP contribution in [0.15, 0.2) is 48.5 Å². The molecule has 0 aliphatic heterocycles. The van der Waals surface area contributed by atoms with E-state index in [0.29, 0.717) is 30.7 Å². The molecule has 7 nitrogen and oxygen atoms in total. The Balaban J connectivity index is 1.64. The van der Waals surface area contributed by atoms with E-state index in [0.717, 1.165) is 16.9 Å². The molecule has 1 amide bonds. The van der Waals surface area contributed by atoms with Gasteiger partial charge in [-0.25, -0.2) is 4.98 Å². The summed E-state index contributed by atoms with van der Waals surface area (Å²) in [6, 6.07) is 14.8. The maximum absolute atomic E-state index is 12.4. The number of aryl methyl sites for hydroxylation is 1. The summed E-state index contributed by atoms with van der Waals surface area (Å²) in [4.78, 5) is 28.8. The molecule has 3 aromatic rings. The Bertz CT molecular complexity index is 981. The number of amides is 1. The molecule has 0 unspecified atom stereocenters. The molecule has 146 valence electrons. The van der Waals surface area contributed by atoms with Crippen LogP contribution in [0.4, 0.5) is 0 Å². The van der Waals surface area contributed by atoms with E-state index in [4.69, 9.17) is 9.47 Å². The van der Waals surface area contributed by atoms with Crippen LogP contribution in [0, 0.1) is 0 Å². The van der Waals surface area contributed by atoms with Crippen molar-refractivity contribution in [3.8, 4) is 5.75 Å². The van der Waals surface area contributed by atoms with E-state index in [-0.39, 0.29) is 18.4 Å². The first kappa shape index (κ1) is 19.4. The number of esters is 1. The zero-order valence-corrected chi connectivity index (χ0v) is 16.0. The maximum Gasteiger partial charge on any atom is 0.325 e. The highest BCUT2D eigenvalue weighted by Crippen LogP contribution is 2.18. The number of benzene rings is 2. The Labute approximate surface area is 163 Å². The van der Waals surface area contributed by atoms with Crippen molar-refractivity contribution >= 4 is 22.9 Å². The molecule has 2 aromatic carbocycles. The highest BCUT2D eigenvalue weighted by atomic mass is 16.5. The number of rotatable bonds is 8. The van der Waals surface area contributed by atoms with Crippen LogP contribution in [0.5, 0.6) is 5.75 Å².